The Hall–Kier alpha value is -0.880. The first kappa shape index (κ1) is 13.5. The SMILES string of the molecule is O=C1CC(Br)CN1c1cc(Cl)ccc1OC(F)F. The lowest BCUT2D eigenvalue weighted by molar-refractivity contribution is -0.117. The first-order chi connectivity index (χ1) is 8.47. The Morgan fingerprint density at radius 3 is 2.78 bits per heavy atom. The molecule has 0 saturated carbocycles. The van der Waals surface area contributed by atoms with E-state index in [4.69, 9.17) is 11.6 Å². The van der Waals surface area contributed by atoms with E-state index in [-0.39, 0.29) is 22.2 Å². The van der Waals surface area contributed by atoms with E-state index in [0.717, 1.165) is 0 Å². The first-order valence-electron chi connectivity index (χ1n) is 5.16. The number of amides is 1. The lowest BCUT2D eigenvalue weighted by Crippen LogP contribution is -2.25. The Balaban J connectivity index is 2.35. The Morgan fingerprint density at radius 2 is 2.22 bits per heavy atom. The molecule has 1 aromatic rings. The molecule has 1 aromatic carbocycles. The molecule has 0 aromatic heterocycles. The molecular formula is C11H9BrClF2NO2. The minimum absolute atomic E-state index is 0.00313. The van der Waals surface area contributed by atoms with E-state index in [1.807, 2.05) is 0 Å². The van der Waals surface area contributed by atoms with Gasteiger partial charge in [0.2, 0.25) is 5.91 Å². The number of carbonyl (C=O) groups excluding carboxylic acids is 1. The van der Waals surface area contributed by atoms with Crippen molar-refractivity contribution in [1.29, 1.82) is 0 Å². The van der Waals surface area contributed by atoms with Gasteiger partial charge in [-0.25, -0.2) is 0 Å². The van der Waals surface area contributed by atoms with Crippen molar-refractivity contribution in [2.24, 2.45) is 0 Å². The third kappa shape index (κ3) is 2.92. The average Bonchev–Trinajstić information content (AvgIpc) is 2.60. The molecule has 0 aliphatic carbocycles. The number of benzene rings is 1. The number of halogens is 4. The Morgan fingerprint density at radius 1 is 1.50 bits per heavy atom. The molecule has 0 bridgehead atoms. The predicted octanol–water partition coefficient (Wildman–Crippen LogP) is 3.44. The Kier molecular flexibility index (Phi) is 4.07. The summed E-state index contributed by atoms with van der Waals surface area (Å²) in [6, 6.07) is 4.22. The Bertz CT molecular complexity index is 472. The molecule has 0 N–H and O–H groups in total. The molecule has 0 spiro atoms. The summed E-state index contributed by atoms with van der Waals surface area (Å²) in [5.41, 5.74) is 0.273. The van der Waals surface area contributed by atoms with Gasteiger partial charge in [-0.15, -0.1) is 0 Å². The summed E-state index contributed by atoms with van der Waals surface area (Å²) in [6.07, 6.45) is 0.320. The summed E-state index contributed by atoms with van der Waals surface area (Å²) >= 11 is 9.15. The maximum absolute atomic E-state index is 12.3. The summed E-state index contributed by atoms with van der Waals surface area (Å²) in [4.78, 5) is 13.1. The van der Waals surface area contributed by atoms with Crippen LogP contribution in [0.2, 0.25) is 5.02 Å². The zero-order valence-electron chi connectivity index (χ0n) is 9.08. The van der Waals surface area contributed by atoms with Crippen molar-refractivity contribution in [1.82, 2.24) is 0 Å². The van der Waals surface area contributed by atoms with Crippen molar-refractivity contribution in [3.05, 3.63) is 23.2 Å². The van der Waals surface area contributed by atoms with Gasteiger partial charge in [-0.3, -0.25) is 4.79 Å². The zero-order valence-corrected chi connectivity index (χ0v) is 11.4. The van der Waals surface area contributed by atoms with E-state index in [0.29, 0.717) is 18.0 Å². The normalized spacial score (nSPS) is 19.7. The fourth-order valence-corrected chi connectivity index (χ4v) is 2.53. The molecule has 1 aliphatic heterocycles. The number of alkyl halides is 3. The molecule has 18 heavy (non-hydrogen) atoms. The summed E-state index contributed by atoms with van der Waals surface area (Å²) in [5.74, 6) is -0.206. The van der Waals surface area contributed by atoms with Gasteiger partial charge in [-0.05, 0) is 18.2 Å². The predicted molar refractivity (Wildman–Crippen MR) is 67.8 cm³/mol. The van der Waals surface area contributed by atoms with Crippen LogP contribution in [-0.2, 0) is 4.79 Å². The van der Waals surface area contributed by atoms with Crippen LogP contribution in [0.1, 0.15) is 6.42 Å². The maximum atomic E-state index is 12.3. The van der Waals surface area contributed by atoms with Gasteiger partial charge < -0.3 is 9.64 Å². The van der Waals surface area contributed by atoms with E-state index in [1.54, 1.807) is 0 Å². The van der Waals surface area contributed by atoms with E-state index in [2.05, 4.69) is 20.7 Å². The summed E-state index contributed by atoms with van der Waals surface area (Å²) < 4.78 is 29.0. The lowest BCUT2D eigenvalue weighted by Gasteiger charge is -2.20. The molecule has 3 nitrogen and oxygen atoms in total. The van der Waals surface area contributed by atoms with Crippen LogP contribution in [0.5, 0.6) is 5.75 Å². The second-order valence-corrected chi connectivity index (χ2v) is 5.53. The van der Waals surface area contributed by atoms with Gasteiger partial charge in [-0.1, -0.05) is 27.5 Å². The highest BCUT2D eigenvalue weighted by Crippen LogP contribution is 2.36. The highest BCUT2D eigenvalue weighted by atomic mass is 79.9. The average molecular weight is 341 g/mol. The van der Waals surface area contributed by atoms with Gasteiger partial charge in [0.1, 0.15) is 5.75 Å². The van der Waals surface area contributed by atoms with Crippen LogP contribution in [0.15, 0.2) is 18.2 Å². The lowest BCUT2D eigenvalue weighted by atomic mass is 10.2. The molecule has 1 atom stereocenters. The first-order valence-corrected chi connectivity index (χ1v) is 6.45. The molecular weight excluding hydrogens is 331 g/mol. The summed E-state index contributed by atoms with van der Waals surface area (Å²) in [5, 5.41) is 0.359. The minimum atomic E-state index is -2.94. The zero-order chi connectivity index (χ0) is 13.3. The smallest absolute Gasteiger partial charge is 0.387 e. The largest absolute Gasteiger partial charge is 0.433 e. The summed E-state index contributed by atoms with van der Waals surface area (Å²) in [7, 11) is 0. The minimum Gasteiger partial charge on any atom is -0.433 e. The Labute approximate surface area is 116 Å². The standard InChI is InChI=1S/C11H9BrClF2NO2/c12-6-3-10(17)16(5-6)8-4-7(13)1-2-9(8)18-11(14)15/h1-2,4,6,11H,3,5H2. The number of ether oxygens (including phenoxy) is 1. The fraction of sp³-hybridized carbons (Fsp3) is 0.364. The highest BCUT2D eigenvalue weighted by molar-refractivity contribution is 9.09. The number of rotatable bonds is 3. The molecule has 1 aliphatic rings. The molecule has 1 fully saturated rings. The van der Waals surface area contributed by atoms with Crippen LogP contribution in [0, 0.1) is 0 Å². The van der Waals surface area contributed by atoms with Gasteiger partial charge in [0, 0.05) is 22.8 Å². The molecule has 1 amide bonds. The number of hydrogen-bond donors (Lipinski definition) is 0. The topological polar surface area (TPSA) is 29.5 Å². The van der Waals surface area contributed by atoms with Gasteiger partial charge in [-0.2, -0.15) is 8.78 Å². The van der Waals surface area contributed by atoms with E-state index >= 15 is 0 Å². The number of anilines is 1. The molecule has 2 rings (SSSR count). The van der Waals surface area contributed by atoms with Gasteiger partial charge >= 0.3 is 6.61 Å². The van der Waals surface area contributed by atoms with E-state index < -0.39 is 6.61 Å². The molecule has 1 heterocycles. The van der Waals surface area contributed by atoms with Crippen LogP contribution in [-0.4, -0.2) is 23.9 Å². The second kappa shape index (κ2) is 5.40. The quantitative estimate of drug-likeness (QED) is 0.789. The van der Waals surface area contributed by atoms with Crippen LogP contribution >= 0.6 is 27.5 Å². The fourth-order valence-electron chi connectivity index (χ4n) is 1.79. The molecule has 1 saturated heterocycles. The highest BCUT2D eigenvalue weighted by Gasteiger charge is 2.31. The number of nitrogens with zero attached hydrogens (tertiary/aromatic N) is 1. The van der Waals surface area contributed by atoms with Crippen LogP contribution in [0.25, 0.3) is 0 Å². The third-order valence-corrected chi connectivity index (χ3v) is 3.35. The van der Waals surface area contributed by atoms with Crippen LogP contribution in [0.4, 0.5) is 14.5 Å². The number of hydrogen-bond acceptors (Lipinski definition) is 2. The van der Waals surface area contributed by atoms with Crippen molar-refractivity contribution < 1.29 is 18.3 Å². The second-order valence-electron chi connectivity index (χ2n) is 3.80. The van der Waals surface area contributed by atoms with Gasteiger partial charge in [0.15, 0.2) is 0 Å². The molecule has 7 heteroatoms. The van der Waals surface area contributed by atoms with Crippen molar-refractivity contribution in [2.45, 2.75) is 17.9 Å². The maximum Gasteiger partial charge on any atom is 0.387 e. The van der Waals surface area contributed by atoms with Crippen molar-refractivity contribution in [3.8, 4) is 5.75 Å². The van der Waals surface area contributed by atoms with Crippen LogP contribution < -0.4 is 9.64 Å². The van der Waals surface area contributed by atoms with Crippen LogP contribution in [0.3, 0.4) is 0 Å². The van der Waals surface area contributed by atoms with Crippen molar-refractivity contribution in [3.63, 3.8) is 0 Å². The monoisotopic (exact) mass is 339 g/mol. The molecule has 98 valence electrons. The van der Waals surface area contributed by atoms with E-state index in [9.17, 15) is 13.6 Å². The van der Waals surface area contributed by atoms with Gasteiger partial charge in [0.25, 0.3) is 0 Å². The van der Waals surface area contributed by atoms with Gasteiger partial charge in [0.05, 0.1) is 5.69 Å². The van der Waals surface area contributed by atoms with E-state index in [1.165, 1.54) is 23.1 Å². The molecule has 1 unspecified atom stereocenters. The third-order valence-electron chi connectivity index (χ3n) is 2.51. The molecule has 0 radical (unpaired) electrons. The number of carbonyl (C=O) groups is 1. The van der Waals surface area contributed by atoms with Crippen molar-refractivity contribution >= 4 is 39.1 Å². The van der Waals surface area contributed by atoms with Crippen molar-refractivity contribution in [2.75, 3.05) is 11.4 Å². The summed E-state index contributed by atoms with van der Waals surface area (Å²) in [6.45, 7) is -2.54.